The van der Waals surface area contributed by atoms with Crippen molar-refractivity contribution in [2.45, 2.75) is 43.6 Å². The summed E-state index contributed by atoms with van der Waals surface area (Å²) in [5.74, 6) is -2.81. The number of nitrogens with zero attached hydrogens (tertiary/aromatic N) is 4. The van der Waals surface area contributed by atoms with Crippen molar-refractivity contribution < 1.29 is 32.6 Å². The first-order valence-electron chi connectivity index (χ1n) is 10.4. The summed E-state index contributed by atoms with van der Waals surface area (Å²) in [7, 11) is 1.81. The molecule has 2 aromatic heterocycles. The van der Waals surface area contributed by atoms with Crippen LogP contribution in [0.15, 0.2) is 36.8 Å². The second kappa shape index (κ2) is 10.3. The first kappa shape index (κ1) is 24.6. The number of halogens is 3. The van der Waals surface area contributed by atoms with E-state index in [0.717, 1.165) is 44.6 Å². The van der Waals surface area contributed by atoms with Crippen LogP contribution in [0.4, 0.5) is 13.2 Å². The zero-order valence-electron chi connectivity index (χ0n) is 18.1. The molecule has 2 fully saturated rings. The number of alkyl halides is 3. The average Bonchev–Trinajstić information content (AvgIpc) is 3.35. The summed E-state index contributed by atoms with van der Waals surface area (Å²) < 4.78 is 39.6. The number of aromatic nitrogens is 3. The molecular formula is C21H26F3N5O4. The van der Waals surface area contributed by atoms with Gasteiger partial charge in [0, 0.05) is 51.7 Å². The van der Waals surface area contributed by atoms with Crippen LogP contribution in [0, 0.1) is 0 Å². The van der Waals surface area contributed by atoms with Crippen molar-refractivity contribution in [2.75, 3.05) is 19.7 Å². The molecule has 0 saturated carbocycles. The van der Waals surface area contributed by atoms with E-state index in [2.05, 4.69) is 26.4 Å². The molecule has 4 rings (SSSR count). The van der Waals surface area contributed by atoms with Gasteiger partial charge in [-0.3, -0.25) is 19.4 Å². The number of likely N-dealkylation sites (tertiary alicyclic amines) is 1. The highest BCUT2D eigenvalue weighted by Gasteiger charge is 2.43. The summed E-state index contributed by atoms with van der Waals surface area (Å²) in [5.41, 5.74) is 1.54. The van der Waals surface area contributed by atoms with E-state index in [-0.39, 0.29) is 17.6 Å². The third kappa shape index (κ3) is 6.99. The monoisotopic (exact) mass is 469 g/mol. The number of hydrogen-bond acceptors (Lipinski definition) is 6. The number of rotatable bonds is 4. The van der Waals surface area contributed by atoms with Crippen molar-refractivity contribution in [2.24, 2.45) is 7.05 Å². The van der Waals surface area contributed by atoms with Crippen LogP contribution in [0.1, 0.15) is 35.3 Å². The van der Waals surface area contributed by atoms with Crippen LogP contribution in [-0.4, -0.2) is 74.2 Å². The fourth-order valence-electron chi connectivity index (χ4n) is 4.03. The highest BCUT2D eigenvalue weighted by Crippen LogP contribution is 2.34. The quantitative estimate of drug-likeness (QED) is 0.705. The molecule has 0 unspecified atom stereocenters. The number of carboxylic acid groups (broad SMARTS) is 1. The normalized spacial score (nSPS) is 23.1. The summed E-state index contributed by atoms with van der Waals surface area (Å²) in [5, 5.41) is 14.4. The van der Waals surface area contributed by atoms with Crippen LogP contribution in [0.3, 0.4) is 0 Å². The first-order valence-corrected chi connectivity index (χ1v) is 10.4. The summed E-state index contributed by atoms with van der Waals surface area (Å²) >= 11 is 0. The van der Waals surface area contributed by atoms with Gasteiger partial charge >= 0.3 is 12.1 Å². The van der Waals surface area contributed by atoms with Crippen LogP contribution in [0.5, 0.6) is 0 Å². The molecule has 1 spiro atoms. The number of carbonyl (C=O) groups excluding carboxylic acids is 1. The Morgan fingerprint density at radius 1 is 1.36 bits per heavy atom. The summed E-state index contributed by atoms with van der Waals surface area (Å²) in [6.45, 7) is 3.43. The standard InChI is InChI=1S/C19H25N5O2.C2HF3O2/c1-23-12-15(11-21-23)18(25)22-16-5-9-26-19(10-16)6-8-24(14-19)13-17-4-2-3-7-20-17;3-2(4,5)1(6)7/h2-4,7,11-12,16H,5-6,8-10,13-14H2,1H3,(H,22,25);(H,6,7)/t16-,19-;/m1./s1. The summed E-state index contributed by atoms with van der Waals surface area (Å²) in [4.78, 5) is 28.1. The lowest BCUT2D eigenvalue weighted by Crippen LogP contribution is -2.49. The minimum atomic E-state index is -5.08. The van der Waals surface area contributed by atoms with Gasteiger partial charge in [-0.05, 0) is 31.4 Å². The minimum absolute atomic E-state index is 0.0523. The van der Waals surface area contributed by atoms with E-state index in [4.69, 9.17) is 14.6 Å². The van der Waals surface area contributed by atoms with E-state index in [1.54, 1.807) is 17.1 Å². The van der Waals surface area contributed by atoms with Crippen molar-refractivity contribution >= 4 is 11.9 Å². The number of carboxylic acids is 1. The number of nitrogens with one attached hydrogen (secondary N) is 1. The lowest BCUT2D eigenvalue weighted by molar-refractivity contribution is -0.192. The molecular weight excluding hydrogens is 443 g/mol. The van der Waals surface area contributed by atoms with Gasteiger partial charge < -0.3 is 15.2 Å². The van der Waals surface area contributed by atoms with Gasteiger partial charge in [-0.25, -0.2) is 4.79 Å². The molecule has 33 heavy (non-hydrogen) atoms. The number of pyridine rings is 1. The lowest BCUT2D eigenvalue weighted by Gasteiger charge is -2.38. The van der Waals surface area contributed by atoms with Crippen LogP contribution in [0.2, 0.25) is 0 Å². The van der Waals surface area contributed by atoms with Gasteiger partial charge in [0.05, 0.1) is 23.1 Å². The minimum Gasteiger partial charge on any atom is -0.475 e. The Hall–Kier alpha value is -2.99. The molecule has 0 bridgehead atoms. The van der Waals surface area contributed by atoms with Crippen molar-refractivity contribution in [3.63, 3.8) is 0 Å². The zero-order valence-corrected chi connectivity index (χ0v) is 18.1. The van der Waals surface area contributed by atoms with E-state index < -0.39 is 12.1 Å². The molecule has 2 aliphatic rings. The van der Waals surface area contributed by atoms with Crippen molar-refractivity contribution in [3.8, 4) is 0 Å². The molecule has 0 aromatic carbocycles. The highest BCUT2D eigenvalue weighted by molar-refractivity contribution is 5.93. The van der Waals surface area contributed by atoms with Gasteiger partial charge in [0.25, 0.3) is 5.91 Å². The third-order valence-corrected chi connectivity index (χ3v) is 5.54. The number of ether oxygens (including phenoxy) is 1. The highest BCUT2D eigenvalue weighted by atomic mass is 19.4. The number of aryl methyl sites for hydroxylation is 1. The van der Waals surface area contributed by atoms with Crippen LogP contribution in [0.25, 0.3) is 0 Å². The Morgan fingerprint density at radius 2 is 2.12 bits per heavy atom. The number of carbonyl (C=O) groups is 2. The van der Waals surface area contributed by atoms with E-state index in [1.165, 1.54) is 0 Å². The Labute approximate surface area is 188 Å². The van der Waals surface area contributed by atoms with Crippen LogP contribution in [-0.2, 0) is 23.1 Å². The number of aliphatic carboxylic acids is 1. The van der Waals surface area contributed by atoms with E-state index >= 15 is 0 Å². The van der Waals surface area contributed by atoms with Crippen LogP contribution < -0.4 is 5.32 Å². The number of hydrogen-bond donors (Lipinski definition) is 2. The molecule has 9 nitrogen and oxygen atoms in total. The van der Waals surface area contributed by atoms with Crippen LogP contribution >= 0.6 is 0 Å². The Kier molecular flexibility index (Phi) is 7.69. The van der Waals surface area contributed by atoms with E-state index in [1.807, 2.05) is 25.4 Å². The maximum Gasteiger partial charge on any atom is 0.490 e. The molecule has 0 aliphatic carbocycles. The Balaban J connectivity index is 0.000000383. The zero-order chi connectivity index (χ0) is 24.1. The maximum absolute atomic E-state index is 12.4. The largest absolute Gasteiger partial charge is 0.490 e. The summed E-state index contributed by atoms with van der Waals surface area (Å²) in [6, 6.07) is 6.17. The molecule has 12 heteroatoms. The molecule has 180 valence electrons. The topological polar surface area (TPSA) is 110 Å². The van der Waals surface area contributed by atoms with Gasteiger partial charge in [-0.15, -0.1) is 0 Å². The fraction of sp³-hybridized carbons (Fsp3) is 0.524. The Bertz CT molecular complexity index is 953. The Morgan fingerprint density at radius 3 is 2.73 bits per heavy atom. The molecule has 2 aliphatic heterocycles. The molecule has 2 atom stereocenters. The molecule has 2 saturated heterocycles. The predicted molar refractivity (Wildman–Crippen MR) is 110 cm³/mol. The SMILES string of the molecule is Cn1cc(C(=O)N[C@@H]2CCO[C@]3(CCN(Cc4ccccn4)C3)C2)cn1.O=C(O)C(F)(F)F. The average molecular weight is 469 g/mol. The number of amides is 1. The lowest BCUT2D eigenvalue weighted by atomic mass is 9.89. The molecule has 2 aromatic rings. The smallest absolute Gasteiger partial charge is 0.475 e. The van der Waals surface area contributed by atoms with Gasteiger partial charge in [-0.1, -0.05) is 6.07 Å². The van der Waals surface area contributed by atoms with Crippen molar-refractivity contribution in [1.82, 2.24) is 25.0 Å². The molecule has 4 heterocycles. The molecule has 0 radical (unpaired) electrons. The predicted octanol–water partition coefficient (Wildman–Crippen LogP) is 2.00. The second-order valence-electron chi connectivity index (χ2n) is 8.18. The van der Waals surface area contributed by atoms with Crippen molar-refractivity contribution in [3.05, 3.63) is 48.0 Å². The van der Waals surface area contributed by atoms with Gasteiger partial charge in [0.2, 0.25) is 0 Å². The first-order chi connectivity index (χ1) is 15.6. The van der Waals surface area contributed by atoms with Gasteiger partial charge in [0.1, 0.15) is 0 Å². The third-order valence-electron chi connectivity index (χ3n) is 5.54. The van der Waals surface area contributed by atoms with Crippen molar-refractivity contribution in [1.29, 1.82) is 0 Å². The van der Waals surface area contributed by atoms with Gasteiger partial charge in [-0.2, -0.15) is 18.3 Å². The second-order valence-corrected chi connectivity index (χ2v) is 8.18. The summed E-state index contributed by atoms with van der Waals surface area (Å²) in [6.07, 6.45) is 2.82. The molecule has 1 amide bonds. The van der Waals surface area contributed by atoms with E-state index in [9.17, 15) is 18.0 Å². The molecule has 2 N–H and O–H groups in total. The van der Waals surface area contributed by atoms with E-state index in [0.29, 0.717) is 12.2 Å². The maximum atomic E-state index is 12.4. The van der Waals surface area contributed by atoms with Gasteiger partial charge in [0.15, 0.2) is 0 Å². The fourth-order valence-corrected chi connectivity index (χ4v) is 4.03.